The largest absolute Gasteiger partial charge is 0.439 e. The lowest BCUT2D eigenvalue weighted by molar-refractivity contribution is 0.0698. The molecule has 11 heteroatoms. The number of nitrogens with one attached hydrogen (secondary N) is 2. The first-order valence-corrected chi connectivity index (χ1v) is 16.7. The number of aromatic nitrogens is 4. The van der Waals surface area contributed by atoms with Gasteiger partial charge in [0.1, 0.15) is 23.8 Å². The quantitative estimate of drug-likeness (QED) is 0.221. The van der Waals surface area contributed by atoms with Gasteiger partial charge in [0.25, 0.3) is 0 Å². The van der Waals surface area contributed by atoms with Crippen molar-refractivity contribution in [3.8, 4) is 0 Å². The topological polar surface area (TPSA) is 103 Å². The Hall–Kier alpha value is -3.21. The van der Waals surface area contributed by atoms with Crippen LogP contribution in [0.4, 0.5) is 16.4 Å². The average Bonchev–Trinajstić information content (AvgIpc) is 3.28. The number of imidazole rings is 1. The summed E-state index contributed by atoms with van der Waals surface area (Å²) in [4.78, 5) is 26.1. The van der Waals surface area contributed by atoms with E-state index in [2.05, 4.69) is 77.9 Å². The lowest BCUT2D eigenvalue weighted by Crippen LogP contribution is -2.42. The number of hydrogen-bond acceptors (Lipinski definition) is 7. The predicted octanol–water partition coefficient (Wildman–Crippen LogP) is 7.86. The summed E-state index contributed by atoms with van der Waals surface area (Å²) < 4.78 is 14.3. The van der Waals surface area contributed by atoms with Gasteiger partial charge in [-0.1, -0.05) is 50.6 Å². The zero-order valence-electron chi connectivity index (χ0n) is 24.7. The highest BCUT2D eigenvalue weighted by Crippen LogP contribution is 2.37. The molecule has 0 aliphatic carbocycles. The Labute approximate surface area is 243 Å². The Morgan fingerprint density at radius 3 is 2.55 bits per heavy atom. The summed E-state index contributed by atoms with van der Waals surface area (Å²) in [6.45, 7) is 17.7. The molecule has 0 bridgehead atoms. The monoisotopic (exact) mass is 584 g/mol. The summed E-state index contributed by atoms with van der Waals surface area (Å²) in [5.74, 6) is 1.75. The summed E-state index contributed by atoms with van der Waals surface area (Å²) >= 11 is 6.23. The second kappa shape index (κ2) is 13.4. The molecule has 2 heterocycles. The molecule has 0 aliphatic rings. The molecule has 0 spiro atoms. The SMILES string of the molecule is C/C=C\c1nc(CNc2cc(NC(=O)OC(CO[Si](C)(C)C(C)(C)C)c3cccc(Cl)c3)ncn2)cn1C(C)C. The van der Waals surface area contributed by atoms with Gasteiger partial charge in [-0.3, -0.25) is 5.32 Å². The van der Waals surface area contributed by atoms with Gasteiger partial charge >= 0.3 is 6.09 Å². The maximum Gasteiger partial charge on any atom is 0.413 e. The van der Waals surface area contributed by atoms with Crippen molar-refractivity contribution in [2.75, 3.05) is 17.2 Å². The molecule has 1 atom stereocenters. The van der Waals surface area contributed by atoms with Crippen molar-refractivity contribution in [2.24, 2.45) is 0 Å². The molecule has 0 radical (unpaired) electrons. The van der Waals surface area contributed by atoms with Crippen LogP contribution in [0.25, 0.3) is 6.08 Å². The molecule has 1 amide bonds. The predicted molar refractivity (Wildman–Crippen MR) is 164 cm³/mol. The normalized spacial score (nSPS) is 13.1. The van der Waals surface area contributed by atoms with E-state index in [9.17, 15) is 4.79 Å². The molecule has 216 valence electrons. The molecule has 3 rings (SSSR count). The number of ether oxygens (including phenoxy) is 1. The van der Waals surface area contributed by atoms with Crippen molar-refractivity contribution in [1.29, 1.82) is 0 Å². The first-order valence-electron chi connectivity index (χ1n) is 13.4. The molecule has 1 unspecified atom stereocenters. The van der Waals surface area contributed by atoms with Gasteiger partial charge in [-0.25, -0.2) is 19.7 Å². The summed E-state index contributed by atoms with van der Waals surface area (Å²) in [5, 5.41) is 6.53. The Morgan fingerprint density at radius 1 is 1.18 bits per heavy atom. The lowest BCUT2D eigenvalue weighted by atomic mass is 10.1. The van der Waals surface area contributed by atoms with Gasteiger partial charge in [-0.15, -0.1) is 0 Å². The van der Waals surface area contributed by atoms with Crippen LogP contribution in [0.15, 0.2) is 48.9 Å². The van der Waals surface area contributed by atoms with Gasteiger partial charge in [0.15, 0.2) is 14.4 Å². The van der Waals surface area contributed by atoms with Crippen LogP contribution in [-0.2, 0) is 15.7 Å². The van der Waals surface area contributed by atoms with Crippen LogP contribution in [0.2, 0.25) is 23.2 Å². The highest BCUT2D eigenvalue weighted by Gasteiger charge is 2.38. The molecule has 2 aromatic heterocycles. The van der Waals surface area contributed by atoms with Gasteiger partial charge in [-0.05, 0) is 62.7 Å². The van der Waals surface area contributed by atoms with Crippen molar-refractivity contribution < 1.29 is 14.0 Å². The number of carbonyl (C=O) groups is 1. The van der Waals surface area contributed by atoms with E-state index in [1.165, 1.54) is 6.33 Å². The molecule has 0 aliphatic heterocycles. The van der Waals surface area contributed by atoms with Crippen molar-refractivity contribution in [3.63, 3.8) is 0 Å². The Bertz CT molecular complexity index is 1320. The van der Waals surface area contributed by atoms with E-state index < -0.39 is 20.5 Å². The van der Waals surface area contributed by atoms with E-state index in [0.29, 0.717) is 23.2 Å². The Kier molecular flexibility index (Phi) is 10.5. The van der Waals surface area contributed by atoms with E-state index in [0.717, 1.165) is 17.1 Å². The number of benzene rings is 1. The zero-order valence-corrected chi connectivity index (χ0v) is 26.4. The van der Waals surface area contributed by atoms with Crippen LogP contribution in [0.3, 0.4) is 0 Å². The molecule has 0 saturated carbocycles. The second-order valence-electron chi connectivity index (χ2n) is 11.4. The minimum Gasteiger partial charge on any atom is -0.439 e. The van der Waals surface area contributed by atoms with Crippen LogP contribution < -0.4 is 10.6 Å². The van der Waals surface area contributed by atoms with Gasteiger partial charge in [-0.2, -0.15) is 0 Å². The third-order valence-electron chi connectivity index (χ3n) is 6.90. The van der Waals surface area contributed by atoms with Gasteiger partial charge in [0, 0.05) is 23.3 Å². The van der Waals surface area contributed by atoms with Crippen LogP contribution in [0.5, 0.6) is 0 Å². The molecule has 0 fully saturated rings. The number of halogens is 1. The summed E-state index contributed by atoms with van der Waals surface area (Å²) in [5.41, 5.74) is 1.63. The van der Waals surface area contributed by atoms with E-state index in [1.54, 1.807) is 18.2 Å². The molecule has 3 aromatic rings. The van der Waals surface area contributed by atoms with Crippen molar-refractivity contribution in [3.05, 3.63) is 71.0 Å². The zero-order chi connectivity index (χ0) is 29.5. The molecular formula is C29H41ClN6O3Si. The van der Waals surface area contributed by atoms with Gasteiger partial charge in [0.05, 0.1) is 18.8 Å². The highest BCUT2D eigenvalue weighted by molar-refractivity contribution is 6.74. The second-order valence-corrected chi connectivity index (χ2v) is 16.6. The van der Waals surface area contributed by atoms with Gasteiger partial charge in [0.2, 0.25) is 0 Å². The summed E-state index contributed by atoms with van der Waals surface area (Å²) in [6, 6.07) is 9.19. The standard InChI is InChI=1S/C29H41ClN6O3Si/c1-9-11-27-34-23(17-36(27)20(2)3)16-31-25-15-26(33-19-32-25)35-28(37)39-24(21-12-10-13-22(30)14-21)18-38-40(7,8)29(4,5)6/h9-15,17,19-20,24H,16,18H2,1-8H3,(H2,31,32,33,35,37)/b11-9-. The van der Waals surface area contributed by atoms with E-state index >= 15 is 0 Å². The van der Waals surface area contributed by atoms with Crippen molar-refractivity contribution in [2.45, 2.75) is 78.4 Å². The Balaban J connectivity index is 1.68. The fourth-order valence-electron chi connectivity index (χ4n) is 3.60. The van der Waals surface area contributed by atoms with Gasteiger partial charge < -0.3 is 19.0 Å². The molecule has 9 nitrogen and oxygen atoms in total. The number of anilines is 2. The highest BCUT2D eigenvalue weighted by atomic mass is 35.5. The van der Waals surface area contributed by atoms with Crippen LogP contribution in [-0.4, -0.2) is 40.5 Å². The maximum atomic E-state index is 12.9. The van der Waals surface area contributed by atoms with Crippen LogP contribution in [0.1, 0.15) is 70.8 Å². The molecule has 40 heavy (non-hydrogen) atoms. The van der Waals surface area contributed by atoms with E-state index in [4.69, 9.17) is 20.8 Å². The van der Waals surface area contributed by atoms with E-state index in [1.807, 2.05) is 37.4 Å². The molecule has 1 aromatic carbocycles. The first-order chi connectivity index (χ1) is 18.8. The summed E-state index contributed by atoms with van der Waals surface area (Å²) in [7, 11) is -2.08. The molecule has 0 saturated heterocycles. The minimum absolute atomic E-state index is 0.0136. The summed E-state index contributed by atoms with van der Waals surface area (Å²) in [6.07, 6.45) is 6.05. The third-order valence-corrected chi connectivity index (χ3v) is 11.6. The minimum atomic E-state index is -2.08. The van der Waals surface area contributed by atoms with Crippen LogP contribution >= 0.6 is 11.6 Å². The number of rotatable bonds is 11. The van der Waals surface area contributed by atoms with Crippen molar-refractivity contribution in [1.82, 2.24) is 19.5 Å². The number of allylic oxidation sites excluding steroid dienone is 1. The van der Waals surface area contributed by atoms with Crippen LogP contribution in [0, 0.1) is 0 Å². The lowest BCUT2D eigenvalue weighted by Gasteiger charge is -2.37. The Morgan fingerprint density at radius 2 is 1.90 bits per heavy atom. The van der Waals surface area contributed by atoms with E-state index in [-0.39, 0.29) is 17.7 Å². The number of carbonyl (C=O) groups excluding carboxylic acids is 1. The first kappa shape index (κ1) is 31.3. The fraction of sp³-hybridized carbons (Fsp3) is 0.448. The van der Waals surface area contributed by atoms with Crippen molar-refractivity contribution >= 4 is 43.7 Å². The smallest absolute Gasteiger partial charge is 0.413 e. The molecular weight excluding hydrogens is 544 g/mol. The maximum absolute atomic E-state index is 12.9. The number of hydrogen-bond donors (Lipinski definition) is 2. The average molecular weight is 585 g/mol. The number of nitrogens with zero attached hydrogens (tertiary/aromatic N) is 4. The molecule has 2 N–H and O–H groups in total. The number of amides is 1. The third kappa shape index (κ3) is 8.64. The fourth-order valence-corrected chi connectivity index (χ4v) is 4.80.